The largest absolute Gasteiger partial charge is 0.455 e. The van der Waals surface area contributed by atoms with Crippen LogP contribution in [0.2, 0.25) is 0 Å². The first-order valence-corrected chi connectivity index (χ1v) is 9.00. The molecule has 0 unspecified atom stereocenters. The number of sulfonamides is 1. The maximum atomic E-state index is 13.0. The number of aromatic nitrogens is 2. The summed E-state index contributed by atoms with van der Waals surface area (Å²) in [6, 6.07) is 12.7. The third-order valence-electron chi connectivity index (χ3n) is 3.44. The van der Waals surface area contributed by atoms with Crippen molar-refractivity contribution in [3.8, 4) is 22.9 Å². The van der Waals surface area contributed by atoms with Crippen molar-refractivity contribution >= 4 is 10.0 Å². The molecule has 0 fully saturated rings. The molecule has 0 aliphatic heterocycles. The molecular formula is C17H12F3N3O3S. The van der Waals surface area contributed by atoms with Crippen molar-refractivity contribution in [2.45, 2.75) is 11.1 Å². The Balaban J connectivity index is 2.22. The molecular weight excluding hydrogens is 383 g/mol. The first-order chi connectivity index (χ1) is 12.7. The van der Waals surface area contributed by atoms with Gasteiger partial charge in [-0.1, -0.05) is 24.3 Å². The van der Waals surface area contributed by atoms with E-state index in [9.17, 15) is 21.6 Å². The summed E-state index contributed by atoms with van der Waals surface area (Å²) in [7, 11) is -4.23. The van der Waals surface area contributed by atoms with E-state index in [2.05, 4.69) is 9.97 Å². The number of halogens is 3. The highest BCUT2D eigenvalue weighted by molar-refractivity contribution is 7.89. The van der Waals surface area contributed by atoms with Gasteiger partial charge < -0.3 is 4.74 Å². The molecule has 0 aliphatic rings. The summed E-state index contributed by atoms with van der Waals surface area (Å²) in [6.07, 6.45) is -3.75. The third kappa shape index (κ3) is 4.23. The number of ether oxygens (including phenoxy) is 1. The van der Waals surface area contributed by atoms with Gasteiger partial charge in [0.1, 0.15) is 16.3 Å². The molecule has 140 valence electrons. The van der Waals surface area contributed by atoms with Gasteiger partial charge in [-0.25, -0.2) is 23.5 Å². The first kappa shape index (κ1) is 18.8. The van der Waals surface area contributed by atoms with Crippen LogP contribution in [0.4, 0.5) is 13.2 Å². The van der Waals surface area contributed by atoms with Crippen LogP contribution in [0.3, 0.4) is 0 Å². The van der Waals surface area contributed by atoms with E-state index in [1.54, 1.807) is 30.3 Å². The number of benzene rings is 2. The van der Waals surface area contributed by atoms with Crippen molar-refractivity contribution in [2.75, 3.05) is 0 Å². The number of hydrogen-bond donors (Lipinski definition) is 1. The smallest absolute Gasteiger partial charge is 0.433 e. The summed E-state index contributed by atoms with van der Waals surface area (Å²) in [5.74, 6) is -0.339. The SMILES string of the molecule is NS(=O)(=O)c1cccc(-c2nccc(C(F)(F)F)n2)c1Oc1ccccc1. The lowest BCUT2D eigenvalue weighted by Gasteiger charge is -2.14. The Hall–Kier alpha value is -2.98. The van der Waals surface area contributed by atoms with Crippen LogP contribution in [0.25, 0.3) is 11.4 Å². The fourth-order valence-corrected chi connectivity index (χ4v) is 2.95. The van der Waals surface area contributed by atoms with E-state index in [0.717, 1.165) is 6.20 Å². The molecule has 3 aromatic rings. The van der Waals surface area contributed by atoms with Gasteiger partial charge in [-0.05, 0) is 30.3 Å². The van der Waals surface area contributed by atoms with Gasteiger partial charge >= 0.3 is 6.18 Å². The van der Waals surface area contributed by atoms with Gasteiger partial charge in [-0.15, -0.1) is 0 Å². The summed E-state index contributed by atoms with van der Waals surface area (Å²) in [6.45, 7) is 0. The predicted octanol–water partition coefficient (Wildman–Crippen LogP) is 3.60. The Kier molecular flexibility index (Phi) is 4.85. The second-order valence-corrected chi connectivity index (χ2v) is 6.89. The molecule has 2 N–H and O–H groups in total. The van der Waals surface area contributed by atoms with Gasteiger partial charge in [0.25, 0.3) is 0 Å². The topological polar surface area (TPSA) is 95.2 Å². The van der Waals surface area contributed by atoms with Gasteiger partial charge in [-0.2, -0.15) is 13.2 Å². The highest BCUT2D eigenvalue weighted by atomic mass is 32.2. The van der Waals surface area contributed by atoms with Gasteiger partial charge in [0.2, 0.25) is 10.0 Å². The minimum atomic E-state index is -4.68. The third-order valence-corrected chi connectivity index (χ3v) is 4.37. The van der Waals surface area contributed by atoms with E-state index in [4.69, 9.17) is 9.88 Å². The van der Waals surface area contributed by atoms with Crippen molar-refractivity contribution < 1.29 is 26.3 Å². The molecule has 0 aliphatic carbocycles. The molecule has 1 aromatic heterocycles. The van der Waals surface area contributed by atoms with E-state index in [1.165, 1.54) is 18.2 Å². The second-order valence-electron chi connectivity index (χ2n) is 5.36. The van der Waals surface area contributed by atoms with Crippen LogP contribution in [-0.2, 0) is 16.2 Å². The number of nitrogens with zero attached hydrogens (tertiary/aromatic N) is 2. The standard InChI is InChI=1S/C17H12F3N3O3S/c18-17(19,20)14-9-10-22-16(23-14)12-7-4-8-13(27(21,24)25)15(12)26-11-5-2-1-3-6-11/h1-10H,(H2,21,24,25). The molecule has 0 bridgehead atoms. The average Bonchev–Trinajstić information content (AvgIpc) is 2.61. The van der Waals surface area contributed by atoms with Gasteiger partial charge in [0.05, 0.1) is 5.56 Å². The van der Waals surface area contributed by atoms with E-state index in [0.29, 0.717) is 6.07 Å². The fourth-order valence-electron chi connectivity index (χ4n) is 2.27. The number of para-hydroxylation sites is 2. The van der Waals surface area contributed by atoms with Gasteiger partial charge in [-0.3, -0.25) is 0 Å². The number of nitrogens with two attached hydrogens (primary N) is 1. The van der Waals surface area contributed by atoms with Crippen molar-refractivity contribution in [2.24, 2.45) is 5.14 Å². The quantitative estimate of drug-likeness (QED) is 0.728. The van der Waals surface area contributed by atoms with Crippen LogP contribution in [0, 0.1) is 0 Å². The highest BCUT2D eigenvalue weighted by Crippen LogP contribution is 2.37. The Morgan fingerprint density at radius 1 is 0.963 bits per heavy atom. The zero-order valence-electron chi connectivity index (χ0n) is 13.5. The Labute approximate surface area is 152 Å². The maximum absolute atomic E-state index is 13.0. The van der Waals surface area contributed by atoms with Crippen LogP contribution < -0.4 is 9.88 Å². The van der Waals surface area contributed by atoms with Crippen molar-refractivity contribution in [3.63, 3.8) is 0 Å². The minimum absolute atomic E-state index is 0.0449. The Morgan fingerprint density at radius 2 is 1.67 bits per heavy atom. The molecule has 0 saturated carbocycles. The fraction of sp³-hybridized carbons (Fsp3) is 0.0588. The number of alkyl halides is 3. The highest BCUT2D eigenvalue weighted by Gasteiger charge is 2.33. The lowest BCUT2D eigenvalue weighted by atomic mass is 10.1. The van der Waals surface area contributed by atoms with E-state index >= 15 is 0 Å². The van der Waals surface area contributed by atoms with E-state index in [1.807, 2.05) is 0 Å². The van der Waals surface area contributed by atoms with Crippen LogP contribution in [0.15, 0.2) is 65.7 Å². The molecule has 0 saturated heterocycles. The van der Waals surface area contributed by atoms with E-state index in [-0.39, 0.29) is 22.9 Å². The number of hydrogen-bond acceptors (Lipinski definition) is 5. The lowest BCUT2D eigenvalue weighted by Crippen LogP contribution is -2.14. The summed E-state index contributed by atoms with van der Waals surface area (Å²) in [5.41, 5.74) is -1.21. The average molecular weight is 395 g/mol. The summed E-state index contributed by atoms with van der Waals surface area (Å²) in [4.78, 5) is 6.91. The molecule has 2 aromatic carbocycles. The summed E-state index contributed by atoms with van der Waals surface area (Å²) < 4.78 is 68.4. The summed E-state index contributed by atoms with van der Waals surface area (Å²) in [5, 5.41) is 5.23. The lowest BCUT2D eigenvalue weighted by molar-refractivity contribution is -0.141. The van der Waals surface area contributed by atoms with Crippen LogP contribution >= 0.6 is 0 Å². The van der Waals surface area contributed by atoms with Crippen LogP contribution in [0.5, 0.6) is 11.5 Å². The molecule has 0 radical (unpaired) electrons. The van der Waals surface area contributed by atoms with Gasteiger partial charge in [0, 0.05) is 6.20 Å². The molecule has 6 nitrogen and oxygen atoms in total. The van der Waals surface area contributed by atoms with Crippen molar-refractivity contribution in [1.29, 1.82) is 0 Å². The van der Waals surface area contributed by atoms with E-state index < -0.39 is 26.8 Å². The molecule has 3 rings (SSSR count). The zero-order valence-corrected chi connectivity index (χ0v) is 14.3. The predicted molar refractivity (Wildman–Crippen MR) is 90.4 cm³/mol. The monoisotopic (exact) mass is 395 g/mol. The zero-order chi connectivity index (χ0) is 19.7. The molecule has 0 amide bonds. The Morgan fingerprint density at radius 3 is 2.30 bits per heavy atom. The molecule has 0 spiro atoms. The molecule has 10 heteroatoms. The summed E-state index contributed by atoms with van der Waals surface area (Å²) >= 11 is 0. The van der Waals surface area contributed by atoms with Crippen LogP contribution in [0.1, 0.15) is 5.69 Å². The normalized spacial score (nSPS) is 12.0. The van der Waals surface area contributed by atoms with Crippen LogP contribution in [-0.4, -0.2) is 18.4 Å². The Bertz CT molecular complexity index is 1070. The van der Waals surface area contributed by atoms with Crippen molar-refractivity contribution in [1.82, 2.24) is 9.97 Å². The molecule has 1 heterocycles. The second kappa shape index (κ2) is 6.97. The van der Waals surface area contributed by atoms with Crippen molar-refractivity contribution in [3.05, 3.63) is 66.5 Å². The van der Waals surface area contributed by atoms with Gasteiger partial charge in [0.15, 0.2) is 11.6 Å². The number of rotatable bonds is 4. The minimum Gasteiger partial charge on any atom is -0.455 e. The molecule has 27 heavy (non-hydrogen) atoms. The number of primary sulfonamides is 1. The molecule has 0 atom stereocenters. The first-order valence-electron chi connectivity index (χ1n) is 7.45. The maximum Gasteiger partial charge on any atom is 0.433 e.